The van der Waals surface area contributed by atoms with Gasteiger partial charge in [0.25, 0.3) is 0 Å². The molecule has 0 unspecified atom stereocenters. The minimum atomic E-state index is 0.618. The molecule has 3 rings (SSSR count). The number of methoxy groups -OCH3 is 1. The number of hydrogen-bond donors (Lipinski definition) is 1. The van der Waals surface area contributed by atoms with Crippen LogP contribution in [-0.2, 0) is 0 Å². The molecule has 0 radical (unpaired) electrons. The Bertz CT molecular complexity index is 410. The van der Waals surface area contributed by atoms with E-state index >= 15 is 0 Å². The number of ether oxygens (including phenoxy) is 1. The molecule has 1 heterocycles. The van der Waals surface area contributed by atoms with Crippen LogP contribution in [0, 0.1) is 17.8 Å². The highest BCUT2D eigenvalue weighted by Crippen LogP contribution is 2.49. The van der Waals surface area contributed by atoms with Crippen molar-refractivity contribution >= 4 is 5.95 Å². The summed E-state index contributed by atoms with van der Waals surface area (Å²) in [5, 5.41) is 3.30. The molecule has 1 aromatic rings. The maximum absolute atomic E-state index is 5.08. The van der Waals surface area contributed by atoms with Gasteiger partial charge in [-0.25, -0.2) is 4.98 Å². The second-order valence-electron chi connectivity index (χ2n) is 5.57. The monoisotopic (exact) mass is 247 g/mol. The smallest absolute Gasteiger partial charge is 0.225 e. The molecule has 2 aliphatic rings. The summed E-state index contributed by atoms with van der Waals surface area (Å²) >= 11 is 0. The summed E-state index contributed by atoms with van der Waals surface area (Å²) in [6.45, 7) is 0.973. The van der Waals surface area contributed by atoms with Crippen LogP contribution in [0.5, 0.6) is 5.88 Å². The second kappa shape index (κ2) is 5.12. The van der Waals surface area contributed by atoms with Crippen molar-refractivity contribution in [1.29, 1.82) is 0 Å². The molecular weight excluding hydrogens is 226 g/mol. The summed E-state index contributed by atoms with van der Waals surface area (Å²) in [5.74, 6) is 4.27. The Morgan fingerprint density at radius 1 is 1.39 bits per heavy atom. The SMILES string of the molecule is COc1ccnc(NCC[C@H]2C[C@H]3CC[C@H]2C3)n1. The minimum Gasteiger partial charge on any atom is -0.481 e. The molecule has 0 spiro atoms. The molecule has 4 nitrogen and oxygen atoms in total. The van der Waals surface area contributed by atoms with Crippen molar-refractivity contribution in [3.05, 3.63) is 12.3 Å². The van der Waals surface area contributed by atoms with Crippen LogP contribution in [0.4, 0.5) is 5.95 Å². The highest BCUT2D eigenvalue weighted by Gasteiger charge is 2.38. The van der Waals surface area contributed by atoms with Gasteiger partial charge >= 0.3 is 0 Å². The first-order valence-corrected chi connectivity index (χ1v) is 6.96. The van der Waals surface area contributed by atoms with Crippen LogP contribution in [0.1, 0.15) is 32.1 Å². The standard InChI is InChI=1S/C14H21N3O/c1-18-13-5-7-16-14(17-13)15-6-4-12-9-10-2-3-11(12)8-10/h5,7,10-12H,2-4,6,8-9H2,1H3,(H,15,16,17)/t10-,11-,12-/m0/s1. The van der Waals surface area contributed by atoms with Gasteiger partial charge in [0.15, 0.2) is 0 Å². The molecule has 2 saturated carbocycles. The maximum Gasteiger partial charge on any atom is 0.225 e. The van der Waals surface area contributed by atoms with E-state index in [4.69, 9.17) is 4.74 Å². The number of nitrogens with zero attached hydrogens (tertiary/aromatic N) is 2. The van der Waals surface area contributed by atoms with E-state index in [0.29, 0.717) is 11.8 Å². The summed E-state index contributed by atoms with van der Waals surface area (Å²) in [6.07, 6.45) is 8.86. The van der Waals surface area contributed by atoms with Crippen molar-refractivity contribution in [2.45, 2.75) is 32.1 Å². The lowest BCUT2D eigenvalue weighted by Gasteiger charge is -2.21. The van der Waals surface area contributed by atoms with Crippen LogP contribution >= 0.6 is 0 Å². The molecular formula is C14H21N3O. The molecule has 18 heavy (non-hydrogen) atoms. The second-order valence-corrected chi connectivity index (χ2v) is 5.57. The van der Waals surface area contributed by atoms with Crippen LogP contribution in [0.25, 0.3) is 0 Å². The van der Waals surface area contributed by atoms with Crippen LogP contribution < -0.4 is 10.1 Å². The van der Waals surface area contributed by atoms with Crippen LogP contribution in [0.2, 0.25) is 0 Å². The van der Waals surface area contributed by atoms with Gasteiger partial charge in [-0.1, -0.05) is 6.42 Å². The van der Waals surface area contributed by atoms with E-state index in [9.17, 15) is 0 Å². The van der Waals surface area contributed by atoms with Gasteiger partial charge in [-0.15, -0.1) is 0 Å². The minimum absolute atomic E-state index is 0.618. The summed E-state index contributed by atoms with van der Waals surface area (Å²) < 4.78 is 5.08. The fourth-order valence-electron chi connectivity index (χ4n) is 3.64. The highest BCUT2D eigenvalue weighted by atomic mass is 16.5. The zero-order valence-electron chi connectivity index (χ0n) is 10.9. The molecule has 1 N–H and O–H groups in total. The Labute approximate surface area is 108 Å². The van der Waals surface area contributed by atoms with E-state index in [1.54, 1.807) is 19.4 Å². The predicted molar refractivity (Wildman–Crippen MR) is 70.6 cm³/mol. The first kappa shape index (κ1) is 11.8. The van der Waals surface area contributed by atoms with Gasteiger partial charge in [-0.3, -0.25) is 0 Å². The first-order valence-electron chi connectivity index (χ1n) is 6.96. The van der Waals surface area contributed by atoms with Gasteiger partial charge in [-0.05, 0) is 43.4 Å². The average Bonchev–Trinajstić information content (AvgIpc) is 3.01. The Kier molecular flexibility index (Phi) is 3.35. The number of anilines is 1. The molecule has 3 atom stereocenters. The Balaban J connectivity index is 1.46. The normalized spacial score (nSPS) is 29.5. The number of fused-ring (bicyclic) bond motifs is 2. The topological polar surface area (TPSA) is 47.0 Å². The zero-order valence-corrected chi connectivity index (χ0v) is 10.9. The van der Waals surface area contributed by atoms with Gasteiger partial charge in [0.1, 0.15) is 0 Å². The summed E-state index contributed by atoms with van der Waals surface area (Å²) in [4.78, 5) is 8.46. The first-order chi connectivity index (χ1) is 8.85. The summed E-state index contributed by atoms with van der Waals surface area (Å²) in [5.41, 5.74) is 0. The molecule has 2 fully saturated rings. The zero-order chi connectivity index (χ0) is 12.4. The van der Waals surface area contributed by atoms with E-state index in [1.807, 2.05) is 0 Å². The fraction of sp³-hybridized carbons (Fsp3) is 0.714. The van der Waals surface area contributed by atoms with Crippen molar-refractivity contribution in [1.82, 2.24) is 9.97 Å². The van der Waals surface area contributed by atoms with E-state index < -0.39 is 0 Å². The maximum atomic E-state index is 5.08. The van der Waals surface area contributed by atoms with E-state index in [2.05, 4.69) is 15.3 Å². The molecule has 4 heteroatoms. The molecule has 0 aliphatic heterocycles. The van der Waals surface area contributed by atoms with Crippen molar-refractivity contribution in [2.75, 3.05) is 19.0 Å². The lowest BCUT2D eigenvalue weighted by Crippen LogP contribution is -2.15. The lowest BCUT2D eigenvalue weighted by molar-refractivity contribution is 0.320. The van der Waals surface area contributed by atoms with Crippen molar-refractivity contribution in [2.24, 2.45) is 17.8 Å². The van der Waals surface area contributed by atoms with Gasteiger partial charge in [0.2, 0.25) is 11.8 Å². The lowest BCUT2D eigenvalue weighted by atomic mass is 9.86. The molecule has 98 valence electrons. The number of nitrogens with one attached hydrogen (secondary N) is 1. The Morgan fingerprint density at radius 2 is 2.33 bits per heavy atom. The third kappa shape index (κ3) is 2.42. The fourth-order valence-corrected chi connectivity index (χ4v) is 3.64. The van der Waals surface area contributed by atoms with Gasteiger partial charge in [-0.2, -0.15) is 4.98 Å². The Morgan fingerprint density at radius 3 is 3.06 bits per heavy atom. The Hall–Kier alpha value is -1.32. The van der Waals surface area contributed by atoms with Crippen LogP contribution in [0.3, 0.4) is 0 Å². The molecule has 1 aromatic heterocycles. The van der Waals surface area contributed by atoms with E-state index in [0.717, 1.165) is 24.3 Å². The predicted octanol–water partition coefficient (Wildman–Crippen LogP) is 2.72. The summed E-state index contributed by atoms with van der Waals surface area (Å²) in [7, 11) is 1.63. The average molecular weight is 247 g/mol. The van der Waals surface area contributed by atoms with Crippen molar-refractivity contribution in [3.63, 3.8) is 0 Å². The van der Waals surface area contributed by atoms with Gasteiger partial charge in [0.05, 0.1) is 7.11 Å². The number of rotatable bonds is 5. The van der Waals surface area contributed by atoms with Crippen LogP contribution in [-0.4, -0.2) is 23.6 Å². The van der Waals surface area contributed by atoms with E-state index in [-0.39, 0.29) is 0 Å². The van der Waals surface area contributed by atoms with E-state index in [1.165, 1.54) is 32.1 Å². The van der Waals surface area contributed by atoms with Crippen molar-refractivity contribution < 1.29 is 4.74 Å². The molecule has 0 saturated heterocycles. The summed E-state index contributed by atoms with van der Waals surface area (Å²) in [6, 6.07) is 1.76. The van der Waals surface area contributed by atoms with Gasteiger partial charge < -0.3 is 10.1 Å². The largest absolute Gasteiger partial charge is 0.481 e. The third-order valence-corrected chi connectivity index (χ3v) is 4.52. The van der Waals surface area contributed by atoms with Crippen LogP contribution in [0.15, 0.2) is 12.3 Å². The molecule has 0 aromatic carbocycles. The molecule has 0 amide bonds. The van der Waals surface area contributed by atoms with Gasteiger partial charge in [0, 0.05) is 18.8 Å². The molecule has 2 bridgehead atoms. The van der Waals surface area contributed by atoms with Crippen molar-refractivity contribution in [3.8, 4) is 5.88 Å². The quantitative estimate of drug-likeness (QED) is 0.869. The number of aromatic nitrogens is 2. The highest BCUT2D eigenvalue weighted by molar-refractivity contribution is 5.27. The molecule has 2 aliphatic carbocycles. The number of hydrogen-bond acceptors (Lipinski definition) is 4. The third-order valence-electron chi connectivity index (χ3n) is 4.52.